The van der Waals surface area contributed by atoms with Crippen molar-refractivity contribution in [2.45, 2.75) is 24.3 Å². The molecule has 0 bridgehead atoms. The lowest BCUT2D eigenvalue weighted by molar-refractivity contribution is -0.274. The molecule has 0 radical (unpaired) electrons. The molecule has 0 fully saturated rings. The Labute approximate surface area is 125 Å². The molecule has 23 heavy (non-hydrogen) atoms. The Kier molecular flexibility index (Phi) is 3.94. The van der Waals surface area contributed by atoms with Gasteiger partial charge >= 0.3 is 12.5 Å². The highest BCUT2D eigenvalue weighted by molar-refractivity contribution is 5.61. The van der Waals surface area contributed by atoms with Crippen molar-refractivity contribution >= 4 is 6.29 Å². The first-order chi connectivity index (χ1) is 10.5. The van der Waals surface area contributed by atoms with E-state index < -0.39 is 41.4 Å². The Hall–Kier alpha value is -2.41. The Balaban J connectivity index is 2.62. The lowest BCUT2D eigenvalue weighted by atomic mass is 9.87. The van der Waals surface area contributed by atoms with Gasteiger partial charge in [-0.15, -0.1) is 19.6 Å². The Morgan fingerprint density at radius 1 is 1.30 bits per heavy atom. The van der Waals surface area contributed by atoms with Gasteiger partial charge in [0.2, 0.25) is 11.8 Å². The van der Waals surface area contributed by atoms with Crippen molar-refractivity contribution in [2.75, 3.05) is 0 Å². The van der Waals surface area contributed by atoms with Gasteiger partial charge in [-0.2, -0.15) is 13.2 Å². The minimum atomic E-state index is -5.11. The summed E-state index contributed by atoms with van der Waals surface area (Å²) in [4.78, 5) is 10.8. The van der Waals surface area contributed by atoms with E-state index in [2.05, 4.69) is 4.74 Å². The quantitative estimate of drug-likeness (QED) is 0.511. The van der Waals surface area contributed by atoms with Gasteiger partial charge in [-0.05, 0) is 18.2 Å². The minimum absolute atomic E-state index is 0.0426. The summed E-state index contributed by atoms with van der Waals surface area (Å²) in [6.07, 6.45) is -6.91. The first kappa shape index (κ1) is 17.0. The van der Waals surface area contributed by atoms with E-state index in [0.717, 1.165) is 12.1 Å². The fourth-order valence-electron chi connectivity index (χ4n) is 2.06. The maximum Gasteiger partial charge on any atom is 0.573 e. The average molecular weight is 339 g/mol. The molecule has 1 heterocycles. The molecular weight excluding hydrogens is 332 g/mol. The van der Waals surface area contributed by atoms with Crippen LogP contribution in [0.3, 0.4) is 0 Å². The maximum atomic E-state index is 13.4. The second-order valence-electron chi connectivity index (χ2n) is 4.42. The van der Waals surface area contributed by atoms with Gasteiger partial charge in [-0.1, -0.05) is 5.92 Å². The second kappa shape index (κ2) is 5.34. The summed E-state index contributed by atoms with van der Waals surface area (Å²) >= 11 is 0. The Morgan fingerprint density at radius 2 is 1.96 bits per heavy atom. The predicted octanol–water partition coefficient (Wildman–Crippen LogP) is 2.48. The molecule has 4 nitrogen and oxygen atoms in total. The zero-order chi connectivity index (χ0) is 17.5. The van der Waals surface area contributed by atoms with E-state index >= 15 is 0 Å². The van der Waals surface area contributed by atoms with Gasteiger partial charge in [0.15, 0.2) is 6.29 Å². The number of alkyl halides is 6. The zero-order valence-electron chi connectivity index (χ0n) is 11.0. The fraction of sp³-hybridized carbons (Fsp3) is 0.308. The molecule has 2 rings (SSSR count). The van der Waals surface area contributed by atoms with Gasteiger partial charge in [-0.3, -0.25) is 4.79 Å². The molecule has 0 saturated carbocycles. The van der Waals surface area contributed by atoms with Crippen LogP contribution in [0.15, 0.2) is 18.2 Å². The standard InChI is InChI=1S/C13H7F6NO3/c1-2-11(12(14,15)16)8-5-7(23-13(17,18)19)3-4-9(8)22-10(6-21)20-11/h1,3-6,10,20H. The van der Waals surface area contributed by atoms with Crippen molar-refractivity contribution in [2.24, 2.45) is 0 Å². The van der Waals surface area contributed by atoms with E-state index in [0.29, 0.717) is 6.07 Å². The third-order valence-electron chi connectivity index (χ3n) is 2.97. The number of fused-ring (bicyclic) bond motifs is 1. The van der Waals surface area contributed by atoms with Crippen LogP contribution in [0.1, 0.15) is 5.56 Å². The van der Waals surface area contributed by atoms with Crippen LogP contribution in [0.4, 0.5) is 26.3 Å². The maximum absolute atomic E-state index is 13.4. The van der Waals surface area contributed by atoms with Gasteiger partial charge in [0.05, 0.1) is 0 Å². The molecule has 1 N–H and O–H groups in total. The Morgan fingerprint density at radius 3 is 2.43 bits per heavy atom. The van der Waals surface area contributed by atoms with Crippen LogP contribution < -0.4 is 14.8 Å². The second-order valence-corrected chi connectivity index (χ2v) is 4.42. The van der Waals surface area contributed by atoms with Crippen LogP contribution in [0.2, 0.25) is 0 Å². The van der Waals surface area contributed by atoms with Crippen molar-refractivity contribution in [3.63, 3.8) is 0 Å². The number of hydrogen-bond donors (Lipinski definition) is 1. The van der Waals surface area contributed by atoms with Gasteiger partial charge in [0.1, 0.15) is 11.5 Å². The van der Waals surface area contributed by atoms with Crippen LogP contribution in [0.5, 0.6) is 11.5 Å². The number of carbonyl (C=O) groups excluding carboxylic acids is 1. The molecule has 1 aliphatic heterocycles. The lowest BCUT2D eigenvalue weighted by Crippen LogP contribution is -2.61. The number of benzene rings is 1. The number of aldehydes is 1. The molecule has 0 saturated heterocycles. The first-order valence-electron chi connectivity index (χ1n) is 5.87. The first-order valence-corrected chi connectivity index (χ1v) is 5.87. The smallest absolute Gasteiger partial charge is 0.468 e. The summed E-state index contributed by atoms with van der Waals surface area (Å²) in [6.45, 7) is 0. The fourth-order valence-corrected chi connectivity index (χ4v) is 2.06. The SMILES string of the molecule is C#CC1(C(F)(F)F)NC(C=O)Oc2ccc(OC(F)(F)F)cc21. The normalized spacial score (nSPS) is 24.1. The lowest BCUT2D eigenvalue weighted by Gasteiger charge is -2.39. The van der Waals surface area contributed by atoms with Gasteiger partial charge in [-0.25, -0.2) is 5.32 Å². The van der Waals surface area contributed by atoms with Crippen molar-refractivity contribution < 1.29 is 40.6 Å². The van der Waals surface area contributed by atoms with Gasteiger partial charge < -0.3 is 9.47 Å². The number of carbonyl (C=O) groups is 1. The number of terminal acetylenes is 1. The number of ether oxygens (including phenoxy) is 2. The summed E-state index contributed by atoms with van der Waals surface area (Å²) < 4.78 is 85.4. The van der Waals surface area contributed by atoms with Crippen LogP contribution >= 0.6 is 0 Å². The van der Waals surface area contributed by atoms with E-state index in [1.807, 2.05) is 0 Å². The molecule has 1 aromatic carbocycles. The molecule has 1 aliphatic rings. The van der Waals surface area contributed by atoms with Gasteiger partial charge in [0.25, 0.3) is 0 Å². The van der Waals surface area contributed by atoms with Crippen molar-refractivity contribution in [3.05, 3.63) is 23.8 Å². The number of hydrogen-bond acceptors (Lipinski definition) is 4. The zero-order valence-corrected chi connectivity index (χ0v) is 11.0. The molecule has 0 aliphatic carbocycles. The van der Waals surface area contributed by atoms with Crippen molar-refractivity contribution in [3.8, 4) is 23.8 Å². The summed E-state index contributed by atoms with van der Waals surface area (Å²) in [7, 11) is 0. The number of halogens is 6. The Bertz CT molecular complexity index is 663. The topological polar surface area (TPSA) is 47.6 Å². The predicted molar refractivity (Wildman–Crippen MR) is 63.3 cm³/mol. The van der Waals surface area contributed by atoms with Crippen LogP contribution in [0.25, 0.3) is 0 Å². The largest absolute Gasteiger partial charge is 0.573 e. The molecule has 1 aromatic rings. The highest BCUT2D eigenvalue weighted by Gasteiger charge is 2.59. The molecule has 124 valence electrons. The van der Waals surface area contributed by atoms with Crippen molar-refractivity contribution in [1.82, 2.24) is 5.32 Å². The molecular formula is C13H7F6NO3. The minimum Gasteiger partial charge on any atom is -0.468 e. The summed E-state index contributed by atoms with van der Waals surface area (Å²) in [5, 5.41) is 1.76. The van der Waals surface area contributed by atoms with E-state index in [-0.39, 0.29) is 6.29 Å². The van der Waals surface area contributed by atoms with E-state index in [9.17, 15) is 31.1 Å². The van der Waals surface area contributed by atoms with E-state index in [1.165, 1.54) is 5.92 Å². The molecule has 2 unspecified atom stereocenters. The summed E-state index contributed by atoms with van der Waals surface area (Å²) in [5.41, 5.74) is -4.01. The van der Waals surface area contributed by atoms with E-state index in [4.69, 9.17) is 11.2 Å². The summed E-state index contributed by atoms with van der Waals surface area (Å²) in [6, 6.07) is 2.02. The van der Waals surface area contributed by atoms with Crippen LogP contribution in [-0.4, -0.2) is 25.1 Å². The van der Waals surface area contributed by atoms with Crippen LogP contribution in [-0.2, 0) is 10.3 Å². The molecule has 0 aromatic heterocycles. The van der Waals surface area contributed by atoms with E-state index in [1.54, 1.807) is 5.32 Å². The highest BCUT2D eigenvalue weighted by atomic mass is 19.4. The molecule has 0 spiro atoms. The third-order valence-corrected chi connectivity index (χ3v) is 2.97. The molecule has 2 atom stereocenters. The number of rotatable bonds is 2. The van der Waals surface area contributed by atoms with Crippen molar-refractivity contribution in [1.29, 1.82) is 0 Å². The highest BCUT2D eigenvalue weighted by Crippen LogP contribution is 2.46. The number of nitrogens with one attached hydrogen (secondary N) is 1. The summed E-state index contributed by atoms with van der Waals surface area (Å²) in [5.74, 6) is 0.0679. The monoisotopic (exact) mass is 339 g/mol. The third kappa shape index (κ3) is 3.05. The van der Waals surface area contributed by atoms with Gasteiger partial charge in [0, 0.05) is 5.56 Å². The molecule has 0 amide bonds. The van der Waals surface area contributed by atoms with Crippen LogP contribution in [0, 0.1) is 12.3 Å². The average Bonchev–Trinajstić information content (AvgIpc) is 2.43. The molecule has 10 heteroatoms.